The summed E-state index contributed by atoms with van der Waals surface area (Å²) in [6.07, 6.45) is 1.53. The van der Waals surface area contributed by atoms with Gasteiger partial charge in [-0.25, -0.2) is 4.99 Å². The Balaban J connectivity index is 1.65. The van der Waals surface area contributed by atoms with E-state index in [4.69, 9.17) is 27.4 Å². The van der Waals surface area contributed by atoms with Crippen molar-refractivity contribution in [2.24, 2.45) is 4.99 Å². The molecule has 1 N–H and O–H groups in total. The maximum atomic E-state index is 12.8. The van der Waals surface area contributed by atoms with Gasteiger partial charge in [0.2, 0.25) is 0 Å². The molecule has 1 aliphatic rings. The molecule has 34 heavy (non-hydrogen) atoms. The summed E-state index contributed by atoms with van der Waals surface area (Å²) < 4.78 is 31.7. The summed E-state index contributed by atoms with van der Waals surface area (Å²) in [6.45, 7) is 1.86. The smallest absolute Gasteiger partial charge is 0.339 e. The van der Waals surface area contributed by atoms with Crippen LogP contribution in [0, 0.1) is 6.92 Å². The lowest BCUT2D eigenvalue weighted by Gasteiger charge is -2.10. The van der Waals surface area contributed by atoms with E-state index in [-0.39, 0.29) is 10.6 Å². The molecule has 1 aliphatic heterocycles. The third-order valence-electron chi connectivity index (χ3n) is 4.55. The number of nitrogens with zero attached hydrogens (tertiary/aromatic N) is 1. The Morgan fingerprint density at radius 3 is 2.53 bits per heavy atom. The largest absolute Gasteiger partial charge is 0.378 e. The van der Waals surface area contributed by atoms with E-state index in [1.807, 2.05) is 6.92 Å². The maximum absolute atomic E-state index is 12.8. The summed E-state index contributed by atoms with van der Waals surface area (Å²) in [4.78, 5) is 17.2. The standard InChI is InChI=1S/C23H15BrCl2N2O4S2/c1-13-2-6-17(7-3-13)34(30,31)32-20-9-4-15(24)10-14(20)11-21-22(29)28-23(33-21)27-19-12-16(25)5-8-18(19)26/h2-12H,1H3,(H,27,28,29)/b21-11+. The second-order valence-electron chi connectivity index (χ2n) is 7.11. The van der Waals surface area contributed by atoms with Crippen LogP contribution in [0.4, 0.5) is 5.69 Å². The van der Waals surface area contributed by atoms with Crippen molar-refractivity contribution in [1.82, 2.24) is 5.32 Å². The van der Waals surface area contributed by atoms with Crippen LogP contribution < -0.4 is 9.50 Å². The number of halogens is 3. The molecule has 0 aromatic heterocycles. The van der Waals surface area contributed by atoms with Gasteiger partial charge in [-0.15, -0.1) is 0 Å². The van der Waals surface area contributed by atoms with Gasteiger partial charge in [0.25, 0.3) is 5.91 Å². The zero-order valence-electron chi connectivity index (χ0n) is 17.4. The first-order chi connectivity index (χ1) is 16.1. The Morgan fingerprint density at radius 2 is 1.79 bits per heavy atom. The normalized spacial score (nSPS) is 16.2. The Hall–Kier alpha value is -2.30. The molecule has 0 bridgehead atoms. The molecule has 0 radical (unpaired) electrons. The van der Waals surface area contributed by atoms with Crippen molar-refractivity contribution in [1.29, 1.82) is 0 Å². The number of amidine groups is 1. The van der Waals surface area contributed by atoms with Crippen molar-refractivity contribution in [3.8, 4) is 5.75 Å². The summed E-state index contributed by atoms with van der Waals surface area (Å²) in [6, 6.07) is 16.0. The molecule has 0 spiro atoms. The minimum absolute atomic E-state index is 0.0282. The number of aryl methyl sites for hydroxylation is 1. The van der Waals surface area contributed by atoms with Crippen LogP contribution >= 0.6 is 50.9 Å². The average Bonchev–Trinajstić information content (AvgIpc) is 3.11. The van der Waals surface area contributed by atoms with Crippen molar-refractivity contribution >= 4 is 83.9 Å². The second-order valence-corrected chi connectivity index (χ2v) is 11.4. The highest BCUT2D eigenvalue weighted by atomic mass is 79.9. The van der Waals surface area contributed by atoms with Crippen LogP contribution in [-0.4, -0.2) is 19.5 Å². The van der Waals surface area contributed by atoms with Crippen molar-refractivity contribution in [3.05, 3.63) is 91.2 Å². The quantitative estimate of drug-likeness (QED) is 0.260. The van der Waals surface area contributed by atoms with E-state index in [9.17, 15) is 13.2 Å². The Bertz CT molecular complexity index is 1460. The zero-order chi connectivity index (χ0) is 24.5. The summed E-state index contributed by atoms with van der Waals surface area (Å²) in [5.74, 6) is -0.317. The molecule has 0 aliphatic carbocycles. The molecule has 0 saturated carbocycles. The molecule has 1 heterocycles. The number of rotatable bonds is 5. The SMILES string of the molecule is Cc1ccc(S(=O)(=O)Oc2ccc(Br)cc2/C=C2/SC(=Nc3cc(Cl)ccc3Cl)NC2=O)cc1. The molecule has 3 aromatic rings. The topological polar surface area (TPSA) is 84.8 Å². The molecule has 1 amide bonds. The van der Waals surface area contributed by atoms with Crippen molar-refractivity contribution in [2.75, 3.05) is 0 Å². The lowest BCUT2D eigenvalue weighted by molar-refractivity contribution is -0.115. The monoisotopic (exact) mass is 596 g/mol. The first-order valence-corrected chi connectivity index (χ1v) is 13.4. The molecule has 3 aromatic carbocycles. The summed E-state index contributed by atoms with van der Waals surface area (Å²) >= 11 is 16.6. The predicted molar refractivity (Wildman–Crippen MR) is 140 cm³/mol. The summed E-state index contributed by atoms with van der Waals surface area (Å²) in [5, 5.41) is 3.82. The molecule has 4 rings (SSSR count). The van der Waals surface area contributed by atoms with Crippen LogP contribution in [0.25, 0.3) is 6.08 Å². The maximum Gasteiger partial charge on any atom is 0.339 e. The highest BCUT2D eigenvalue weighted by molar-refractivity contribution is 9.10. The van der Waals surface area contributed by atoms with Gasteiger partial charge in [-0.3, -0.25) is 4.79 Å². The fourth-order valence-corrected chi connectivity index (χ4v) is 5.37. The number of hydrogen-bond acceptors (Lipinski definition) is 6. The van der Waals surface area contributed by atoms with Gasteiger partial charge in [0.15, 0.2) is 5.17 Å². The van der Waals surface area contributed by atoms with Crippen molar-refractivity contribution in [2.45, 2.75) is 11.8 Å². The van der Waals surface area contributed by atoms with Gasteiger partial charge in [0, 0.05) is 15.1 Å². The van der Waals surface area contributed by atoms with E-state index in [1.165, 1.54) is 24.3 Å². The number of benzene rings is 3. The minimum Gasteiger partial charge on any atom is -0.378 e. The van der Waals surface area contributed by atoms with Crippen LogP contribution in [0.3, 0.4) is 0 Å². The third kappa shape index (κ3) is 5.84. The Labute approximate surface area is 219 Å². The van der Waals surface area contributed by atoms with Gasteiger partial charge in [0.1, 0.15) is 10.6 Å². The molecule has 174 valence electrons. The minimum atomic E-state index is -4.08. The highest BCUT2D eigenvalue weighted by Gasteiger charge is 2.25. The van der Waals surface area contributed by atoms with Gasteiger partial charge < -0.3 is 9.50 Å². The van der Waals surface area contributed by atoms with Crippen LogP contribution in [0.5, 0.6) is 5.75 Å². The summed E-state index contributed by atoms with van der Waals surface area (Å²) in [5.41, 5.74) is 1.73. The molecule has 1 fully saturated rings. The summed E-state index contributed by atoms with van der Waals surface area (Å²) in [7, 11) is -4.08. The predicted octanol–water partition coefficient (Wildman–Crippen LogP) is 6.72. The first kappa shape index (κ1) is 24.8. The fraction of sp³-hybridized carbons (Fsp3) is 0.0435. The molecular formula is C23H15BrCl2N2O4S2. The highest BCUT2D eigenvalue weighted by Crippen LogP contribution is 2.35. The molecule has 1 saturated heterocycles. The Morgan fingerprint density at radius 1 is 1.06 bits per heavy atom. The van der Waals surface area contributed by atoms with Gasteiger partial charge in [-0.05, 0) is 73.3 Å². The third-order valence-corrected chi connectivity index (χ3v) is 7.75. The molecule has 11 heteroatoms. The Kier molecular flexibility index (Phi) is 7.39. The van der Waals surface area contributed by atoms with Crippen molar-refractivity contribution < 1.29 is 17.4 Å². The lowest BCUT2D eigenvalue weighted by Crippen LogP contribution is -2.19. The van der Waals surface area contributed by atoms with Crippen molar-refractivity contribution in [3.63, 3.8) is 0 Å². The average molecular weight is 598 g/mol. The van der Waals surface area contributed by atoms with Crippen LogP contribution in [0.1, 0.15) is 11.1 Å². The number of carbonyl (C=O) groups is 1. The van der Waals surface area contributed by atoms with Gasteiger partial charge in [0.05, 0.1) is 15.6 Å². The number of thioether (sulfide) groups is 1. The second kappa shape index (κ2) is 10.1. The number of aliphatic imine (C=N–C) groups is 1. The first-order valence-electron chi connectivity index (χ1n) is 9.66. The molecule has 0 atom stereocenters. The number of hydrogen-bond donors (Lipinski definition) is 1. The fourth-order valence-electron chi connectivity index (χ4n) is 2.88. The molecule has 6 nitrogen and oxygen atoms in total. The van der Waals surface area contributed by atoms with Gasteiger partial charge >= 0.3 is 10.1 Å². The van der Waals surface area contributed by atoms with E-state index in [2.05, 4.69) is 26.2 Å². The van der Waals surface area contributed by atoms with E-state index >= 15 is 0 Å². The number of amides is 1. The van der Waals surface area contributed by atoms with Crippen LogP contribution in [-0.2, 0) is 14.9 Å². The van der Waals surface area contributed by atoms with E-state index < -0.39 is 16.0 Å². The van der Waals surface area contributed by atoms with Crippen LogP contribution in [0.15, 0.2) is 79.9 Å². The zero-order valence-corrected chi connectivity index (χ0v) is 22.1. The number of carbonyl (C=O) groups excluding carboxylic acids is 1. The van der Waals surface area contributed by atoms with E-state index in [0.29, 0.717) is 35.8 Å². The van der Waals surface area contributed by atoms with E-state index in [1.54, 1.807) is 42.5 Å². The number of nitrogens with one attached hydrogen (secondary N) is 1. The lowest BCUT2D eigenvalue weighted by atomic mass is 10.2. The molecular weight excluding hydrogens is 583 g/mol. The molecule has 0 unspecified atom stereocenters. The van der Waals surface area contributed by atoms with Gasteiger partial charge in [-0.1, -0.05) is 56.8 Å². The van der Waals surface area contributed by atoms with E-state index in [0.717, 1.165) is 17.3 Å². The van der Waals surface area contributed by atoms with Crippen LogP contribution in [0.2, 0.25) is 10.0 Å². The van der Waals surface area contributed by atoms with Gasteiger partial charge in [-0.2, -0.15) is 8.42 Å².